The van der Waals surface area contributed by atoms with Crippen LogP contribution in [0.25, 0.3) is 10.9 Å². The molecular weight excluding hydrogens is 500 g/mol. The summed E-state index contributed by atoms with van der Waals surface area (Å²) >= 11 is 0. The minimum Gasteiger partial charge on any atom is -0.395 e. The van der Waals surface area contributed by atoms with Crippen LogP contribution in [0.4, 0.5) is 26.3 Å². The fourth-order valence-corrected chi connectivity index (χ4v) is 5.74. The van der Waals surface area contributed by atoms with Crippen LogP contribution in [-0.2, 0) is 18.8 Å². The van der Waals surface area contributed by atoms with E-state index in [4.69, 9.17) is 0 Å². The number of aromatic nitrogens is 1. The van der Waals surface area contributed by atoms with E-state index in [0.29, 0.717) is 31.4 Å². The molecule has 3 atom stereocenters. The number of rotatable bonds is 4. The third kappa shape index (κ3) is 4.82. The number of H-pyrrole nitrogens is 1. The van der Waals surface area contributed by atoms with Gasteiger partial charge in [0.25, 0.3) is 5.91 Å². The molecule has 1 aromatic heterocycles. The fraction of sp³-hybridized carbons (Fsp3) is 0.423. The topological polar surface area (TPSA) is 59.6 Å². The summed E-state index contributed by atoms with van der Waals surface area (Å²) in [5.74, 6) is -0.900. The maximum Gasteiger partial charge on any atom is 0.416 e. The Morgan fingerprint density at radius 1 is 0.973 bits per heavy atom. The first kappa shape index (κ1) is 25.6. The summed E-state index contributed by atoms with van der Waals surface area (Å²) in [4.78, 5) is 20.2. The van der Waals surface area contributed by atoms with Crippen molar-refractivity contribution in [3.05, 3.63) is 70.9 Å². The lowest BCUT2D eigenvalue weighted by molar-refractivity contribution is -0.143. The van der Waals surface area contributed by atoms with Crippen LogP contribution in [0.1, 0.15) is 46.3 Å². The smallest absolute Gasteiger partial charge is 0.395 e. The Kier molecular flexibility index (Phi) is 6.47. The summed E-state index contributed by atoms with van der Waals surface area (Å²) in [7, 11) is 0. The first-order valence-corrected chi connectivity index (χ1v) is 12.0. The molecule has 0 radical (unpaired) electrons. The Hall–Kier alpha value is -3.05. The molecule has 0 spiro atoms. The number of hydrogen-bond donors (Lipinski definition) is 2. The average Bonchev–Trinajstić information content (AvgIpc) is 3.46. The minimum atomic E-state index is -5.05. The highest BCUT2D eigenvalue weighted by molar-refractivity contribution is 5.95. The largest absolute Gasteiger partial charge is 0.416 e. The molecule has 0 saturated carbocycles. The molecule has 2 aliphatic heterocycles. The van der Waals surface area contributed by atoms with E-state index in [2.05, 4.69) is 4.98 Å². The van der Waals surface area contributed by atoms with Crippen LogP contribution in [-0.4, -0.2) is 57.2 Å². The van der Waals surface area contributed by atoms with Crippen molar-refractivity contribution in [3.63, 3.8) is 0 Å². The molecule has 0 bridgehead atoms. The molecule has 5 rings (SSSR count). The number of alkyl halides is 6. The van der Waals surface area contributed by atoms with Crippen LogP contribution in [0.3, 0.4) is 0 Å². The molecule has 3 unspecified atom stereocenters. The highest BCUT2D eigenvalue weighted by Crippen LogP contribution is 2.39. The van der Waals surface area contributed by atoms with E-state index >= 15 is 0 Å². The van der Waals surface area contributed by atoms with Crippen molar-refractivity contribution < 1.29 is 36.2 Å². The van der Waals surface area contributed by atoms with Crippen LogP contribution in [0.15, 0.2) is 48.7 Å². The second-order valence-electron chi connectivity index (χ2n) is 9.64. The monoisotopic (exact) mass is 525 g/mol. The number of para-hydroxylation sites is 1. The summed E-state index contributed by atoms with van der Waals surface area (Å²) in [6, 6.07) is 8.31. The van der Waals surface area contributed by atoms with Crippen LogP contribution < -0.4 is 0 Å². The molecule has 11 heteroatoms. The predicted octanol–water partition coefficient (Wildman–Crippen LogP) is 5.45. The minimum absolute atomic E-state index is 0.0225. The molecule has 0 aliphatic carbocycles. The van der Waals surface area contributed by atoms with Crippen LogP contribution in [0, 0.1) is 0 Å². The van der Waals surface area contributed by atoms with Crippen molar-refractivity contribution in [1.82, 2.24) is 14.8 Å². The van der Waals surface area contributed by atoms with E-state index in [1.54, 1.807) is 6.20 Å². The number of aromatic amines is 1. The second-order valence-corrected chi connectivity index (χ2v) is 9.64. The number of halogens is 6. The second kappa shape index (κ2) is 9.36. The Bertz CT molecular complexity index is 1260. The van der Waals surface area contributed by atoms with E-state index in [1.807, 2.05) is 29.2 Å². The molecular formula is C26H25F6N3O2. The summed E-state index contributed by atoms with van der Waals surface area (Å²) in [6.45, 7) is 0.0213. The number of amides is 1. The highest BCUT2D eigenvalue weighted by atomic mass is 19.4. The maximum atomic E-state index is 13.6. The zero-order valence-electron chi connectivity index (χ0n) is 19.6. The molecule has 2 fully saturated rings. The van der Waals surface area contributed by atoms with Crippen molar-refractivity contribution in [1.29, 1.82) is 0 Å². The van der Waals surface area contributed by atoms with Crippen LogP contribution >= 0.6 is 0 Å². The molecule has 2 aromatic carbocycles. The normalized spacial score (nSPS) is 23.0. The number of aliphatic hydroxyl groups excluding tert-OH is 1. The molecule has 198 valence electrons. The third-order valence-electron chi connectivity index (χ3n) is 7.47. The lowest BCUT2D eigenvalue weighted by Crippen LogP contribution is -2.61. The van der Waals surface area contributed by atoms with Gasteiger partial charge in [0, 0.05) is 47.7 Å². The number of nitrogens with one attached hydrogen (secondary N) is 1. The molecule has 3 aromatic rings. The van der Waals surface area contributed by atoms with E-state index in [-0.39, 0.29) is 31.3 Å². The summed E-state index contributed by atoms with van der Waals surface area (Å²) in [5.41, 5.74) is -1.98. The van der Waals surface area contributed by atoms with Gasteiger partial charge in [0.1, 0.15) is 0 Å². The highest BCUT2D eigenvalue weighted by Gasteiger charge is 2.46. The van der Waals surface area contributed by atoms with Gasteiger partial charge in [-0.2, -0.15) is 26.3 Å². The zero-order chi connectivity index (χ0) is 26.5. The first-order chi connectivity index (χ1) is 17.5. The van der Waals surface area contributed by atoms with Crippen molar-refractivity contribution in [2.75, 3.05) is 13.2 Å². The average molecular weight is 525 g/mol. The number of nitrogens with zero attached hydrogens (tertiary/aromatic N) is 2. The van der Waals surface area contributed by atoms with Gasteiger partial charge in [0.2, 0.25) is 0 Å². The Labute approximate surface area is 208 Å². The zero-order valence-corrected chi connectivity index (χ0v) is 19.6. The summed E-state index contributed by atoms with van der Waals surface area (Å²) in [5, 5.41) is 10.9. The number of carbonyl (C=O) groups is 1. The lowest BCUT2D eigenvalue weighted by atomic mass is 9.99. The Balaban J connectivity index is 1.56. The molecule has 5 nitrogen and oxygen atoms in total. The van der Waals surface area contributed by atoms with Gasteiger partial charge in [0.15, 0.2) is 0 Å². The van der Waals surface area contributed by atoms with Crippen molar-refractivity contribution in [3.8, 4) is 0 Å². The molecule has 2 saturated heterocycles. The van der Waals surface area contributed by atoms with Crippen molar-refractivity contribution in [2.45, 2.75) is 56.3 Å². The standard InChI is InChI=1S/C26H25F6N3O2/c27-25(28,29)17-9-15(10-18(12-17)26(30,31)32)24(37)34-8-7-19-5-6-20(14-36)35(19)23(34)11-16-13-33-22-4-2-1-3-21(16)22/h1-4,9-10,12-13,19-20,23,33,36H,5-8,11,14H2. The van der Waals surface area contributed by atoms with Gasteiger partial charge in [-0.1, -0.05) is 18.2 Å². The van der Waals surface area contributed by atoms with E-state index in [9.17, 15) is 36.2 Å². The Morgan fingerprint density at radius 2 is 1.65 bits per heavy atom. The summed E-state index contributed by atoms with van der Waals surface area (Å²) in [6.07, 6.45) is -6.66. The first-order valence-electron chi connectivity index (χ1n) is 12.0. The number of benzene rings is 2. The maximum absolute atomic E-state index is 13.6. The number of hydrogen-bond acceptors (Lipinski definition) is 3. The van der Waals surface area contributed by atoms with Gasteiger partial charge in [-0.05, 0) is 49.1 Å². The van der Waals surface area contributed by atoms with Gasteiger partial charge < -0.3 is 15.0 Å². The fourth-order valence-electron chi connectivity index (χ4n) is 5.74. The SMILES string of the molecule is O=C(c1cc(C(F)(F)F)cc(C(F)(F)F)c1)N1CCC2CCC(CO)N2C1Cc1c[nH]c2ccccc12. The number of aliphatic hydroxyl groups is 1. The third-order valence-corrected chi connectivity index (χ3v) is 7.47. The molecule has 37 heavy (non-hydrogen) atoms. The van der Waals surface area contributed by atoms with Gasteiger partial charge >= 0.3 is 12.4 Å². The lowest BCUT2D eigenvalue weighted by Gasteiger charge is -2.48. The molecule has 3 heterocycles. The van der Waals surface area contributed by atoms with Crippen LogP contribution in [0.5, 0.6) is 0 Å². The van der Waals surface area contributed by atoms with Crippen molar-refractivity contribution in [2.24, 2.45) is 0 Å². The van der Waals surface area contributed by atoms with Crippen molar-refractivity contribution >= 4 is 16.8 Å². The molecule has 1 amide bonds. The van der Waals surface area contributed by atoms with E-state index in [0.717, 1.165) is 22.9 Å². The molecule has 2 N–H and O–H groups in total. The number of carbonyl (C=O) groups excluding carboxylic acids is 1. The summed E-state index contributed by atoms with van der Waals surface area (Å²) < 4.78 is 80.8. The van der Waals surface area contributed by atoms with Gasteiger partial charge in [-0.3, -0.25) is 9.69 Å². The predicted molar refractivity (Wildman–Crippen MR) is 124 cm³/mol. The van der Waals surface area contributed by atoms with Gasteiger partial charge in [-0.25, -0.2) is 0 Å². The van der Waals surface area contributed by atoms with Gasteiger partial charge in [0.05, 0.1) is 23.9 Å². The molecule has 2 aliphatic rings. The van der Waals surface area contributed by atoms with E-state index < -0.39 is 41.1 Å². The Morgan fingerprint density at radius 3 is 2.30 bits per heavy atom. The quantitative estimate of drug-likeness (QED) is 0.446. The van der Waals surface area contributed by atoms with Crippen LogP contribution in [0.2, 0.25) is 0 Å². The number of fused-ring (bicyclic) bond motifs is 2. The van der Waals surface area contributed by atoms with Gasteiger partial charge in [-0.15, -0.1) is 0 Å². The van der Waals surface area contributed by atoms with E-state index in [1.165, 1.54) is 4.90 Å².